The first kappa shape index (κ1) is 12.0. The number of anilines is 1. The zero-order valence-electron chi connectivity index (χ0n) is 10.4. The average Bonchev–Trinajstić information content (AvgIpc) is 3.07. The highest BCUT2D eigenvalue weighted by Gasteiger charge is 2.16. The topological polar surface area (TPSA) is 52.0 Å². The third kappa shape index (κ3) is 2.53. The normalized spacial score (nSPS) is 10.7. The Hall–Kier alpha value is -2.07. The molecule has 0 aliphatic rings. The molecule has 0 atom stereocenters. The van der Waals surface area contributed by atoms with Crippen molar-refractivity contribution >= 4 is 17.2 Å². The van der Waals surface area contributed by atoms with Crippen molar-refractivity contribution in [3.05, 3.63) is 59.1 Å². The van der Waals surface area contributed by atoms with Crippen LogP contribution < -0.4 is 5.73 Å². The van der Waals surface area contributed by atoms with Crippen molar-refractivity contribution in [2.75, 3.05) is 5.73 Å². The van der Waals surface area contributed by atoms with Crippen molar-refractivity contribution < 1.29 is 4.52 Å². The first-order chi connectivity index (χ1) is 9.34. The molecule has 0 aliphatic heterocycles. The van der Waals surface area contributed by atoms with E-state index in [1.54, 1.807) is 11.3 Å². The van der Waals surface area contributed by atoms with Crippen LogP contribution in [-0.2, 0) is 12.8 Å². The highest BCUT2D eigenvalue weighted by atomic mass is 32.1. The minimum Gasteiger partial charge on any atom is -0.367 e. The molecule has 1 aromatic carbocycles. The Morgan fingerprint density at radius 2 is 1.89 bits per heavy atom. The van der Waals surface area contributed by atoms with Crippen molar-refractivity contribution in [1.29, 1.82) is 0 Å². The first-order valence-corrected chi connectivity index (χ1v) is 7.04. The van der Waals surface area contributed by atoms with Crippen LogP contribution in [0.1, 0.15) is 11.3 Å². The molecule has 96 valence electrons. The summed E-state index contributed by atoms with van der Waals surface area (Å²) in [4.78, 5) is 1.11. The predicted octanol–water partition coefficient (Wildman–Crippen LogP) is 3.77. The van der Waals surface area contributed by atoms with Gasteiger partial charge in [-0.15, -0.1) is 11.3 Å². The van der Waals surface area contributed by atoms with E-state index < -0.39 is 0 Å². The average molecular weight is 270 g/mol. The van der Waals surface area contributed by atoms with Crippen molar-refractivity contribution in [1.82, 2.24) is 5.16 Å². The van der Waals surface area contributed by atoms with Gasteiger partial charge < -0.3 is 10.3 Å². The molecule has 2 heterocycles. The SMILES string of the molecule is Nc1onc(CCc2ccccc2)c1-c1cccs1. The molecule has 3 nitrogen and oxygen atoms in total. The van der Waals surface area contributed by atoms with Gasteiger partial charge in [-0.2, -0.15) is 0 Å². The summed E-state index contributed by atoms with van der Waals surface area (Å²) in [6.45, 7) is 0. The quantitative estimate of drug-likeness (QED) is 0.785. The third-order valence-corrected chi connectivity index (χ3v) is 3.94. The van der Waals surface area contributed by atoms with Crippen LogP contribution in [0.5, 0.6) is 0 Å². The van der Waals surface area contributed by atoms with E-state index in [1.807, 2.05) is 35.7 Å². The van der Waals surface area contributed by atoms with Crippen LogP contribution in [0.25, 0.3) is 10.4 Å². The van der Waals surface area contributed by atoms with Gasteiger partial charge in [0.1, 0.15) is 0 Å². The van der Waals surface area contributed by atoms with Gasteiger partial charge in [0, 0.05) is 4.88 Å². The molecule has 3 aromatic rings. The lowest BCUT2D eigenvalue weighted by Crippen LogP contribution is -1.94. The van der Waals surface area contributed by atoms with E-state index in [4.69, 9.17) is 10.3 Å². The summed E-state index contributed by atoms with van der Waals surface area (Å²) in [6.07, 6.45) is 1.77. The minimum absolute atomic E-state index is 0.408. The molecule has 2 aromatic heterocycles. The van der Waals surface area contributed by atoms with Crippen LogP contribution in [0.2, 0.25) is 0 Å². The summed E-state index contributed by atoms with van der Waals surface area (Å²) < 4.78 is 5.14. The Morgan fingerprint density at radius 3 is 2.63 bits per heavy atom. The fourth-order valence-corrected chi connectivity index (χ4v) is 2.90. The van der Waals surface area contributed by atoms with Gasteiger partial charge in [-0.05, 0) is 29.9 Å². The molecular formula is C15H14N2OS. The molecular weight excluding hydrogens is 256 g/mol. The number of rotatable bonds is 4. The number of hydrogen-bond acceptors (Lipinski definition) is 4. The van der Waals surface area contributed by atoms with Gasteiger partial charge in [0.05, 0.1) is 11.3 Å². The maximum atomic E-state index is 5.88. The lowest BCUT2D eigenvalue weighted by Gasteiger charge is -2.01. The summed E-state index contributed by atoms with van der Waals surface area (Å²) in [5.41, 5.74) is 9.06. The molecule has 0 spiro atoms. The smallest absolute Gasteiger partial charge is 0.231 e. The summed E-state index contributed by atoms with van der Waals surface area (Å²) in [7, 11) is 0. The first-order valence-electron chi connectivity index (χ1n) is 6.16. The molecule has 0 bridgehead atoms. The molecule has 0 unspecified atom stereocenters. The molecule has 3 rings (SSSR count). The van der Waals surface area contributed by atoms with Gasteiger partial charge in [-0.1, -0.05) is 41.6 Å². The van der Waals surface area contributed by atoms with Crippen molar-refractivity contribution in [2.45, 2.75) is 12.8 Å². The van der Waals surface area contributed by atoms with Crippen LogP contribution in [0.15, 0.2) is 52.4 Å². The third-order valence-electron chi connectivity index (χ3n) is 3.05. The molecule has 0 saturated carbocycles. The lowest BCUT2D eigenvalue weighted by atomic mass is 10.1. The molecule has 0 radical (unpaired) electrons. The molecule has 0 saturated heterocycles. The Balaban J connectivity index is 1.83. The second-order valence-electron chi connectivity index (χ2n) is 4.33. The van der Waals surface area contributed by atoms with Gasteiger partial charge in [0.2, 0.25) is 5.88 Å². The van der Waals surface area contributed by atoms with E-state index in [0.29, 0.717) is 5.88 Å². The van der Waals surface area contributed by atoms with E-state index >= 15 is 0 Å². The molecule has 2 N–H and O–H groups in total. The van der Waals surface area contributed by atoms with Crippen LogP contribution >= 0.6 is 11.3 Å². The molecule has 4 heteroatoms. The Labute approximate surface area is 115 Å². The number of benzene rings is 1. The van der Waals surface area contributed by atoms with Crippen molar-refractivity contribution in [2.24, 2.45) is 0 Å². The summed E-state index contributed by atoms with van der Waals surface area (Å²) in [5.74, 6) is 0.408. The van der Waals surface area contributed by atoms with E-state index in [9.17, 15) is 0 Å². The maximum absolute atomic E-state index is 5.88. The zero-order chi connectivity index (χ0) is 13.1. The number of aromatic nitrogens is 1. The van der Waals surface area contributed by atoms with Gasteiger partial charge in [0.15, 0.2) is 0 Å². The maximum Gasteiger partial charge on any atom is 0.231 e. The van der Waals surface area contributed by atoms with Crippen molar-refractivity contribution in [3.8, 4) is 10.4 Å². The summed E-state index contributed by atoms with van der Waals surface area (Å²) in [6, 6.07) is 14.4. The second-order valence-corrected chi connectivity index (χ2v) is 5.28. The monoisotopic (exact) mass is 270 g/mol. The van der Waals surface area contributed by atoms with Crippen LogP contribution in [-0.4, -0.2) is 5.16 Å². The second kappa shape index (κ2) is 5.28. The molecule has 0 amide bonds. The fraction of sp³-hybridized carbons (Fsp3) is 0.133. The molecule has 19 heavy (non-hydrogen) atoms. The summed E-state index contributed by atoms with van der Waals surface area (Å²) >= 11 is 1.65. The van der Waals surface area contributed by atoms with Gasteiger partial charge in [-0.25, -0.2) is 0 Å². The number of aryl methyl sites for hydroxylation is 2. The highest BCUT2D eigenvalue weighted by molar-refractivity contribution is 7.13. The fourth-order valence-electron chi connectivity index (χ4n) is 2.10. The summed E-state index contributed by atoms with van der Waals surface area (Å²) in [5, 5.41) is 6.12. The number of nitrogens with zero attached hydrogens (tertiary/aromatic N) is 1. The molecule has 0 fully saturated rings. The van der Waals surface area contributed by atoms with Crippen LogP contribution in [0.3, 0.4) is 0 Å². The minimum atomic E-state index is 0.408. The Kier molecular flexibility index (Phi) is 3.33. The number of nitrogens with two attached hydrogens (primary N) is 1. The Bertz CT molecular complexity index is 644. The van der Waals surface area contributed by atoms with E-state index in [2.05, 4.69) is 17.3 Å². The largest absolute Gasteiger partial charge is 0.367 e. The number of nitrogen functional groups attached to an aromatic ring is 1. The van der Waals surface area contributed by atoms with Gasteiger partial charge >= 0.3 is 0 Å². The van der Waals surface area contributed by atoms with Gasteiger partial charge in [0.25, 0.3) is 0 Å². The Morgan fingerprint density at radius 1 is 1.05 bits per heavy atom. The van der Waals surface area contributed by atoms with Crippen LogP contribution in [0.4, 0.5) is 5.88 Å². The lowest BCUT2D eigenvalue weighted by molar-refractivity contribution is 0.427. The van der Waals surface area contributed by atoms with E-state index in [1.165, 1.54) is 5.56 Å². The standard InChI is InChI=1S/C15H14N2OS/c16-15-14(13-7-4-10-19-13)12(17-18-15)9-8-11-5-2-1-3-6-11/h1-7,10H,8-9,16H2. The number of hydrogen-bond donors (Lipinski definition) is 1. The van der Waals surface area contributed by atoms with Crippen molar-refractivity contribution in [3.63, 3.8) is 0 Å². The zero-order valence-corrected chi connectivity index (χ0v) is 11.2. The van der Waals surface area contributed by atoms with Crippen LogP contribution in [0, 0.1) is 0 Å². The number of thiophene rings is 1. The van der Waals surface area contributed by atoms with E-state index in [-0.39, 0.29) is 0 Å². The van der Waals surface area contributed by atoms with Gasteiger partial charge in [-0.3, -0.25) is 0 Å². The molecule has 0 aliphatic carbocycles. The highest BCUT2D eigenvalue weighted by Crippen LogP contribution is 2.33. The van der Waals surface area contributed by atoms with E-state index in [0.717, 1.165) is 29.0 Å². The predicted molar refractivity (Wildman–Crippen MR) is 78.1 cm³/mol.